The van der Waals surface area contributed by atoms with Gasteiger partial charge >= 0.3 is 0 Å². The molecule has 4 heteroatoms. The van der Waals surface area contributed by atoms with E-state index in [1.807, 2.05) is 4.90 Å². The maximum absolute atomic E-state index is 12.8. The molecule has 4 atom stereocenters. The first-order valence-corrected chi connectivity index (χ1v) is 9.38. The van der Waals surface area contributed by atoms with Crippen LogP contribution >= 0.6 is 0 Å². The molecule has 3 unspecified atom stereocenters. The van der Waals surface area contributed by atoms with Crippen LogP contribution in [0.4, 0.5) is 0 Å². The van der Waals surface area contributed by atoms with Crippen molar-refractivity contribution in [2.24, 2.45) is 22.5 Å². The van der Waals surface area contributed by atoms with Gasteiger partial charge in [0, 0.05) is 13.1 Å². The minimum Gasteiger partial charge on any atom is -0.390 e. The fourth-order valence-electron chi connectivity index (χ4n) is 6.29. The van der Waals surface area contributed by atoms with Crippen molar-refractivity contribution in [2.75, 3.05) is 13.1 Å². The second kappa shape index (κ2) is 5.73. The zero-order chi connectivity index (χ0) is 16.9. The van der Waals surface area contributed by atoms with E-state index in [-0.39, 0.29) is 22.7 Å². The van der Waals surface area contributed by atoms with E-state index in [1.54, 1.807) is 0 Å². The van der Waals surface area contributed by atoms with E-state index >= 15 is 0 Å². The summed E-state index contributed by atoms with van der Waals surface area (Å²) in [6.07, 6.45) is 7.88. The van der Waals surface area contributed by atoms with Gasteiger partial charge in [-0.2, -0.15) is 0 Å². The van der Waals surface area contributed by atoms with Crippen LogP contribution in [0.1, 0.15) is 72.1 Å². The van der Waals surface area contributed by atoms with E-state index in [9.17, 15) is 9.90 Å². The number of fused-ring (bicyclic) bond motifs is 2. The first-order valence-electron chi connectivity index (χ1n) is 9.38. The second-order valence-electron chi connectivity index (χ2n) is 9.81. The van der Waals surface area contributed by atoms with Gasteiger partial charge in [-0.3, -0.25) is 4.79 Å². The van der Waals surface area contributed by atoms with Gasteiger partial charge in [0.05, 0.1) is 11.6 Å². The van der Waals surface area contributed by atoms with E-state index in [0.29, 0.717) is 6.42 Å². The standard InChI is InChI=1S/C19H34N2O2/c1-17(2)11-18(3)9-14(10-19(23,12-17)13-18)15(20)16(22)21-7-5-4-6-8-21/h14-15,23H,4-13,20H2,1-3H3/t14?,15-,18?,19?/m0/s1. The Morgan fingerprint density at radius 1 is 1.09 bits per heavy atom. The molecule has 2 bridgehead atoms. The lowest BCUT2D eigenvalue weighted by atomic mass is 9.51. The molecule has 2 saturated carbocycles. The molecular weight excluding hydrogens is 288 g/mol. The number of nitrogens with zero attached hydrogens (tertiary/aromatic N) is 1. The smallest absolute Gasteiger partial charge is 0.239 e. The van der Waals surface area contributed by atoms with Crippen molar-refractivity contribution in [3.63, 3.8) is 0 Å². The Morgan fingerprint density at radius 2 is 1.74 bits per heavy atom. The van der Waals surface area contributed by atoms with Crippen LogP contribution in [0.5, 0.6) is 0 Å². The summed E-state index contributed by atoms with van der Waals surface area (Å²) >= 11 is 0. The molecule has 3 fully saturated rings. The summed E-state index contributed by atoms with van der Waals surface area (Å²) in [5.74, 6) is 0.227. The molecule has 2 aliphatic carbocycles. The summed E-state index contributed by atoms with van der Waals surface area (Å²) in [4.78, 5) is 14.7. The van der Waals surface area contributed by atoms with E-state index in [2.05, 4.69) is 20.8 Å². The summed E-state index contributed by atoms with van der Waals surface area (Å²) in [6.45, 7) is 8.51. The highest BCUT2D eigenvalue weighted by molar-refractivity contribution is 5.82. The zero-order valence-electron chi connectivity index (χ0n) is 15.1. The molecule has 1 heterocycles. The SMILES string of the molecule is CC1(C)CC2(C)CC([C@H](N)C(=O)N3CCCCC3)CC(O)(C1)C2. The number of carbonyl (C=O) groups excluding carboxylic acids is 1. The van der Waals surface area contributed by atoms with Gasteiger partial charge in [-0.05, 0) is 68.1 Å². The summed E-state index contributed by atoms with van der Waals surface area (Å²) in [5.41, 5.74) is 6.05. The summed E-state index contributed by atoms with van der Waals surface area (Å²) in [6, 6.07) is -0.444. The monoisotopic (exact) mass is 322 g/mol. The van der Waals surface area contributed by atoms with Crippen LogP contribution in [0.3, 0.4) is 0 Å². The fraction of sp³-hybridized carbons (Fsp3) is 0.947. The molecule has 132 valence electrons. The van der Waals surface area contributed by atoms with Gasteiger partial charge in [0.25, 0.3) is 0 Å². The third-order valence-electron chi connectivity index (χ3n) is 6.33. The molecule has 3 rings (SSSR count). The Kier molecular flexibility index (Phi) is 4.29. The number of likely N-dealkylation sites (tertiary alicyclic amines) is 1. The van der Waals surface area contributed by atoms with Crippen LogP contribution < -0.4 is 5.73 Å². The van der Waals surface area contributed by atoms with Crippen LogP contribution in [0.2, 0.25) is 0 Å². The van der Waals surface area contributed by atoms with Gasteiger partial charge in [0.2, 0.25) is 5.91 Å². The number of rotatable bonds is 2. The third-order valence-corrected chi connectivity index (χ3v) is 6.33. The highest BCUT2D eigenvalue weighted by atomic mass is 16.3. The molecule has 4 nitrogen and oxygen atoms in total. The molecule has 1 aliphatic heterocycles. The first kappa shape index (κ1) is 17.2. The Balaban J connectivity index is 1.73. The van der Waals surface area contributed by atoms with E-state index < -0.39 is 11.6 Å². The number of nitrogens with two attached hydrogens (primary N) is 1. The molecule has 3 N–H and O–H groups in total. The molecule has 1 saturated heterocycles. The molecule has 23 heavy (non-hydrogen) atoms. The topological polar surface area (TPSA) is 66.6 Å². The number of carbonyl (C=O) groups is 1. The van der Waals surface area contributed by atoms with E-state index in [0.717, 1.165) is 51.6 Å². The van der Waals surface area contributed by atoms with Crippen molar-refractivity contribution in [3.8, 4) is 0 Å². The van der Waals surface area contributed by atoms with Crippen molar-refractivity contribution < 1.29 is 9.90 Å². The van der Waals surface area contributed by atoms with E-state index in [4.69, 9.17) is 5.73 Å². The lowest BCUT2D eigenvalue weighted by Crippen LogP contribution is -2.58. The van der Waals surface area contributed by atoms with E-state index in [1.165, 1.54) is 6.42 Å². The highest BCUT2D eigenvalue weighted by Gasteiger charge is 2.54. The Morgan fingerprint density at radius 3 is 2.35 bits per heavy atom. The summed E-state index contributed by atoms with van der Waals surface area (Å²) < 4.78 is 0. The Hall–Kier alpha value is -0.610. The minimum absolute atomic E-state index is 0.110. The zero-order valence-corrected chi connectivity index (χ0v) is 15.1. The Labute approximate surface area is 140 Å². The minimum atomic E-state index is -0.640. The van der Waals surface area contributed by atoms with Crippen LogP contribution in [0.15, 0.2) is 0 Å². The summed E-state index contributed by atoms with van der Waals surface area (Å²) in [5, 5.41) is 11.1. The van der Waals surface area contributed by atoms with Crippen molar-refractivity contribution in [3.05, 3.63) is 0 Å². The van der Waals surface area contributed by atoms with Crippen molar-refractivity contribution in [1.29, 1.82) is 0 Å². The average Bonchev–Trinajstić information content (AvgIpc) is 2.42. The van der Waals surface area contributed by atoms with Gasteiger partial charge in [-0.25, -0.2) is 0 Å². The largest absolute Gasteiger partial charge is 0.390 e. The summed E-state index contributed by atoms with van der Waals surface area (Å²) in [7, 11) is 0. The average molecular weight is 322 g/mol. The normalized spacial score (nSPS) is 41.4. The lowest BCUT2D eigenvalue weighted by Gasteiger charge is -2.57. The maximum Gasteiger partial charge on any atom is 0.239 e. The van der Waals surface area contributed by atoms with Gasteiger partial charge in [0.1, 0.15) is 0 Å². The van der Waals surface area contributed by atoms with Crippen LogP contribution in [-0.4, -0.2) is 40.6 Å². The van der Waals surface area contributed by atoms with Gasteiger partial charge in [-0.15, -0.1) is 0 Å². The number of hydrogen-bond acceptors (Lipinski definition) is 3. The van der Waals surface area contributed by atoms with Gasteiger partial charge < -0.3 is 15.7 Å². The predicted octanol–water partition coefficient (Wildman–Crippen LogP) is 2.68. The molecule has 1 amide bonds. The number of hydrogen-bond donors (Lipinski definition) is 2. The molecule has 0 aromatic rings. The first-order chi connectivity index (χ1) is 10.6. The van der Waals surface area contributed by atoms with Crippen LogP contribution in [-0.2, 0) is 4.79 Å². The van der Waals surface area contributed by atoms with Crippen molar-refractivity contribution >= 4 is 5.91 Å². The van der Waals surface area contributed by atoms with Crippen LogP contribution in [0.25, 0.3) is 0 Å². The number of aliphatic hydroxyl groups is 1. The molecule has 0 aromatic heterocycles. The molecular formula is C19H34N2O2. The second-order valence-corrected chi connectivity index (χ2v) is 9.81. The number of piperidine rings is 1. The molecule has 3 aliphatic rings. The lowest BCUT2D eigenvalue weighted by molar-refractivity contribution is -0.151. The van der Waals surface area contributed by atoms with Crippen molar-refractivity contribution in [1.82, 2.24) is 4.90 Å². The molecule has 0 aromatic carbocycles. The quantitative estimate of drug-likeness (QED) is 0.821. The van der Waals surface area contributed by atoms with Crippen molar-refractivity contribution in [2.45, 2.75) is 83.8 Å². The maximum atomic E-state index is 12.8. The number of amides is 1. The molecule has 0 radical (unpaired) electrons. The van der Waals surface area contributed by atoms with Gasteiger partial charge in [0.15, 0.2) is 0 Å². The predicted molar refractivity (Wildman–Crippen MR) is 91.8 cm³/mol. The molecule has 0 spiro atoms. The highest BCUT2D eigenvalue weighted by Crippen LogP contribution is 2.58. The fourth-order valence-corrected chi connectivity index (χ4v) is 6.29. The third kappa shape index (κ3) is 3.58. The van der Waals surface area contributed by atoms with Crippen LogP contribution in [0, 0.1) is 16.7 Å². The Bertz CT molecular complexity index is 442. The van der Waals surface area contributed by atoms with Gasteiger partial charge in [-0.1, -0.05) is 20.8 Å².